The summed E-state index contributed by atoms with van der Waals surface area (Å²) >= 11 is 3.90. The molecule has 0 N–H and O–H groups in total. The molecule has 1 atom stereocenters. The molecule has 0 fully saturated rings. The number of alkyl halides is 1. The molecule has 0 amide bonds. The van der Waals surface area contributed by atoms with Crippen LogP contribution in [-0.4, -0.2) is 7.11 Å². The van der Waals surface area contributed by atoms with Crippen LogP contribution in [0.25, 0.3) is 0 Å². The number of aryl methyl sites for hydroxylation is 2. The SMILES string of the molecule is COc1ccccc1CC(Br)c1c(C)c(C)cc(C)c1C. The van der Waals surface area contributed by atoms with Crippen LogP contribution in [0, 0.1) is 27.7 Å². The first-order valence-electron chi connectivity index (χ1n) is 7.29. The Morgan fingerprint density at radius 1 is 1.00 bits per heavy atom. The average molecular weight is 347 g/mol. The van der Waals surface area contributed by atoms with E-state index in [2.05, 4.69) is 61.8 Å². The highest BCUT2D eigenvalue weighted by molar-refractivity contribution is 9.09. The van der Waals surface area contributed by atoms with Gasteiger partial charge in [-0.05, 0) is 73.6 Å². The van der Waals surface area contributed by atoms with Gasteiger partial charge in [0.1, 0.15) is 5.75 Å². The molecule has 0 heterocycles. The number of benzene rings is 2. The fourth-order valence-corrected chi connectivity index (χ4v) is 3.92. The fourth-order valence-electron chi connectivity index (χ4n) is 2.88. The van der Waals surface area contributed by atoms with Gasteiger partial charge in [-0.15, -0.1) is 0 Å². The summed E-state index contributed by atoms with van der Waals surface area (Å²) in [5, 5.41) is 0. The number of halogens is 1. The molecule has 21 heavy (non-hydrogen) atoms. The summed E-state index contributed by atoms with van der Waals surface area (Å²) in [6, 6.07) is 10.5. The van der Waals surface area contributed by atoms with Gasteiger partial charge in [0.25, 0.3) is 0 Å². The Morgan fingerprint density at radius 3 is 2.14 bits per heavy atom. The third kappa shape index (κ3) is 3.32. The third-order valence-corrected chi connectivity index (χ3v) is 5.11. The predicted octanol–water partition coefficient (Wildman–Crippen LogP) is 5.61. The molecule has 112 valence electrons. The van der Waals surface area contributed by atoms with E-state index in [1.807, 2.05) is 12.1 Å². The molecule has 0 aliphatic carbocycles. The van der Waals surface area contributed by atoms with Gasteiger partial charge in [-0.25, -0.2) is 0 Å². The maximum Gasteiger partial charge on any atom is 0.122 e. The van der Waals surface area contributed by atoms with Crippen molar-refractivity contribution in [2.45, 2.75) is 38.9 Å². The maximum atomic E-state index is 5.47. The molecule has 1 unspecified atom stereocenters. The lowest BCUT2D eigenvalue weighted by Gasteiger charge is -2.21. The van der Waals surface area contributed by atoms with Crippen molar-refractivity contribution >= 4 is 15.9 Å². The van der Waals surface area contributed by atoms with Crippen molar-refractivity contribution in [1.82, 2.24) is 0 Å². The first-order chi connectivity index (χ1) is 9.95. The van der Waals surface area contributed by atoms with Crippen molar-refractivity contribution in [2.75, 3.05) is 7.11 Å². The van der Waals surface area contributed by atoms with Gasteiger partial charge in [-0.1, -0.05) is 40.2 Å². The molecule has 1 nitrogen and oxygen atoms in total. The lowest BCUT2D eigenvalue weighted by atomic mass is 9.90. The number of rotatable bonds is 4. The summed E-state index contributed by atoms with van der Waals surface area (Å²) in [6.45, 7) is 8.81. The first kappa shape index (κ1) is 16.1. The lowest BCUT2D eigenvalue weighted by molar-refractivity contribution is 0.409. The molecule has 2 aromatic carbocycles. The summed E-state index contributed by atoms with van der Waals surface area (Å²) in [5.41, 5.74) is 8.14. The number of hydrogen-bond donors (Lipinski definition) is 0. The molecule has 0 radical (unpaired) electrons. The highest BCUT2D eigenvalue weighted by Gasteiger charge is 2.18. The summed E-state index contributed by atoms with van der Waals surface area (Å²) in [4.78, 5) is 0.299. The van der Waals surface area contributed by atoms with Crippen LogP contribution < -0.4 is 4.74 Å². The predicted molar refractivity (Wildman–Crippen MR) is 93.8 cm³/mol. The van der Waals surface area contributed by atoms with Gasteiger partial charge >= 0.3 is 0 Å². The molecule has 0 bridgehead atoms. The normalized spacial score (nSPS) is 12.3. The molecular weight excluding hydrogens is 324 g/mol. The molecule has 0 spiro atoms. The van der Waals surface area contributed by atoms with E-state index in [-0.39, 0.29) is 0 Å². The largest absolute Gasteiger partial charge is 0.496 e. The monoisotopic (exact) mass is 346 g/mol. The molecule has 2 aromatic rings. The number of hydrogen-bond acceptors (Lipinski definition) is 1. The number of methoxy groups -OCH3 is 1. The quantitative estimate of drug-likeness (QED) is 0.654. The molecule has 0 aliphatic rings. The van der Waals surface area contributed by atoms with Crippen molar-refractivity contribution in [1.29, 1.82) is 0 Å². The second-order valence-electron chi connectivity index (χ2n) is 5.66. The minimum absolute atomic E-state index is 0.299. The van der Waals surface area contributed by atoms with Gasteiger partial charge in [0.2, 0.25) is 0 Å². The van der Waals surface area contributed by atoms with Crippen molar-refractivity contribution < 1.29 is 4.74 Å². The topological polar surface area (TPSA) is 9.23 Å². The van der Waals surface area contributed by atoms with Gasteiger partial charge in [0, 0.05) is 4.83 Å². The van der Waals surface area contributed by atoms with Crippen molar-refractivity contribution in [3.05, 3.63) is 63.7 Å². The molecular formula is C19H23BrO. The highest BCUT2D eigenvalue weighted by Crippen LogP contribution is 2.36. The zero-order valence-corrected chi connectivity index (χ0v) is 15.0. The van der Waals surface area contributed by atoms with Crippen LogP contribution in [0.4, 0.5) is 0 Å². The smallest absolute Gasteiger partial charge is 0.122 e. The zero-order valence-electron chi connectivity index (χ0n) is 13.5. The van der Waals surface area contributed by atoms with E-state index < -0.39 is 0 Å². The summed E-state index contributed by atoms with van der Waals surface area (Å²) < 4.78 is 5.47. The Balaban J connectivity index is 2.39. The Kier molecular flexibility index (Phi) is 5.10. The molecule has 0 aromatic heterocycles. The Labute approximate surface area is 136 Å². The number of ether oxygens (including phenoxy) is 1. The van der Waals surface area contributed by atoms with Gasteiger partial charge < -0.3 is 4.74 Å². The van der Waals surface area contributed by atoms with Crippen molar-refractivity contribution in [2.24, 2.45) is 0 Å². The van der Waals surface area contributed by atoms with E-state index in [1.165, 1.54) is 33.4 Å². The van der Waals surface area contributed by atoms with E-state index in [0.717, 1.165) is 12.2 Å². The Hall–Kier alpha value is -1.28. The van der Waals surface area contributed by atoms with Crippen LogP contribution in [0.2, 0.25) is 0 Å². The summed E-state index contributed by atoms with van der Waals surface area (Å²) in [5.74, 6) is 0.960. The second kappa shape index (κ2) is 6.65. The van der Waals surface area contributed by atoms with Crippen molar-refractivity contribution in [3.8, 4) is 5.75 Å². The minimum Gasteiger partial charge on any atom is -0.496 e. The van der Waals surface area contributed by atoms with E-state index in [1.54, 1.807) is 7.11 Å². The van der Waals surface area contributed by atoms with Gasteiger partial charge in [-0.2, -0.15) is 0 Å². The Morgan fingerprint density at radius 2 is 1.57 bits per heavy atom. The van der Waals surface area contributed by atoms with Crippen LogP contribution in [0.1, 0.15) is 38.2 Å². The standard InChI is InChI=1S/C19H23BrO/c1-12-10-13(2)15(4)19(14(12)3)17(20)11-16-8-6-7-9-18(16)21-5/h6-10,17H,11H2,1-5H3. The van der Waals surface area contributed by atoms with Crippen LogP contribution in [0.15, 0.2) is 30.3 Å². The zero-order chi connectivity index (χ0) is 15.6. The molecule has 2 rings (SSSR count). The summed E-state index contributed by atoms with van der Waals surface area (Å²) in [6.07, 6.45) is 0.925. The maximum absolute atomic E-state index is 5.47. The van der Waals surface area contributed by atoms with Gasteiger partial charge in [0.15, 0.2) is 0 Å². The molecule has 0 saturated heterocycles. The van der Waals surface area contributed by atoms with Gasteiger partial charge in [0.05, 0.1) is 7.11 Å². The average Bonchev–Trinajstić information content (AvgIpc) is 2.46. The van der Waals surface area contributed by atoms with Crippen LogP contribution in [-0.2, 0) is 6.42 Å². The molecule has 0 aliphatic heterocycles. The second-order valence-corrected chi connectivity index (χ2v) is 6.76. The van der Waals surface area contributed by atoms with E-state index in [4.69, 9.17) is 4.74 Å². The first-order valence-corrected chi connectivity index (χ1v) is 8.20. The van der Waals surface area contributed by atoms with Crippen LogP contribution in [0.3, 0.4) is 0 Å². The lowest BCUT2D eigenvalue weighted by Crippen LogP contribution is -2.05. The van der Waals surface area contributed by atoms with Crippen LogP contribution in [0.5, 0.6) is 5.75 Å². The van der Waals surface area contributed by atoms with Gasteiger partial charge in [-0.3, -0.25) is 0 Å². The summed E-state index contributed by atoms with van der Waals surface area (Å²) in [7, 11) is 1.73. The Bertz CT molecular complexity index is 620. The number of para-hydroxylation sites is 1. The van der Waals surface area contributed by atoms with Crippen LogP contribution >= 0.6 is 15.9 Å². The van der Waals surface area contributed by atoms with E-state index in [0.29, 0.717) is 4.83 Å². The van der Waals surface area contributed by atoms with E-state index in [9.17, 15) is 0 Å². The third-order valence-electron chi connectivity index (χ3n) is 4.33. The highest BCUT2D eigenvalue weighted by atomic mass is 79.9. The molecule has 2 heteroatoms. The molecule has 0 saturated carbocycles. The fraction of sp³-hybridized carbons (Fsp3) is 0.368. The minimum atomic E-state index is 0.299. The van der Waals surface area contributed by atoms with Crippen molar-refractivity contribution in [3.63, 3.8) is 0 Å². The van der Waals surface area contributed by atoms with E-state index >= 15 is 0 Å².